The molecule has 0 spiro atoms. The number of fused-ring (bicyclic) bond motifs is 1. The number of aromatic nitrogens is 1. The van der Waals surface area contributed by atoms with Crippen molar-refractivity contribution in [3.63, 3.8) is 0 Å². The van der Waals surface area contributed by atoms with Crippen molar-refractivity contribution in [2.45, 2.75) is 39.5 Å². The number of aryl methyl sites for hydroxylation is 2. The number of carbonyl (C=O) groups is 3. The highest BCUT2D eigenvalue weighted by molar-refractivity contribution is 6.22. The van der Waals surface area contributed by atoms with Crippen molar-refractivity contribution < 1.29 is 14.4 Å². The van der Waals surface area contributed by atoms with E-state index in [9.17, 15) is 14.4 Å². The summed E-state index contributed by atoms with van der Waals surface area (Å²) in [5, 5.41) is 0. The van der Waals surface area contributed by atoms with E-state index in [1.807, 2.05) is 26.0 Å². The third-order valence-electron chi connectivity index (χ3n) is 5.71. The molecule has 140 valence electrons. The molecule has 2 fully saturated rings. The average molecular weight is 365 g/mol. The van der Waals surface area contributed by atoms with Gasteiger partial charge < -0.3 is 0 Å². The monoisotopic (exact) mass is 365 g/mol. The lowest BCUT2D eigenvalue weighted by molar-refractivity contribution is -0.122. The van der Waals surface area contributed by atoms with Gasteiger partial charge in [-0.25, -0.2) is 0 Å². The van der Waals surface area contributed by atoms with Crippen LogP contribution in [-0.4, -0.2) is 22.4 Å². The van der Waals surface area contributed by atoms with E-state index in [0.29, 0.717) is 11.3 Å². The minimum Gasteiger partial charge on any atom is -0.274 e. The molecule has 0 bridgehead atoms. The second kappa shape index (κ2) is 6.68. The third kappa shape index (κ3) is 2.95. The standard InChI is InChI=1S/C21H23N3O3/c1-13-7-8-14(2)24(13)22-19(25)15-9-11-16(12-10-15)23-20(26)17-5-3-4-6-18(17)21(23)27/h7-12,17-18H,3-6H2,1-2H3,(H,22,25)/t17-,18-/m0/s1. The minimum atomic E-state index is -0.239. The zero-order valence-electron chi connectivity index (χ0n) is 15.6. The Morgan fingerprint density at radius 3 is 1.93 bits per heavy atom. The maximum Gasteiger partial charge on any atom is 0.270 e. The van der Waals surface area contributed by atoms with Crippen molar-refractivity contribution in [2.24, 2.45) is 11.8 Å². The molecule has 6 heteroatoms. The third-order valence-corrected chi connectivity index (χ3v) is 5.71. The van der Waals surface area contributed by atoms with Gasteiger partial charge in [0.25, 0.3) is 5.91 Å². The molecule has 1 N–H and O–H groups in total. The Hall–Kier alpha value is -2.89. The van der Waals surface area contributed by atoms with Crippen LogP contribution in [0.15, 0.2) is 36.4 Å². The van der Waals surface area contributed by atoms with Crippen LogP contribution < -0.4 is 10.3 Å². The van der Waals surface area contributed by atoms with Crippen LogP contribution in [-0.2, 0) is 9.59 Å². The predicted molar refractivity (Wildman–Crippen MR) is 102 cm³/mol. The first-order chi connectivity index (χ1) is 13.0. The molecule has 3 amide bonds. The molecule has 1 aromatic carbocycles. The molecular formula is C21H23N3O3. The molecule has 0 radical (unpaired) electrons. The van der Waals surface area contributed by atoms with Crippen LogP contribution in [0.25, 0.3) is 0 Å². The fourth-order valence-electron chi connectivity index (χ4n) is 4.19. The fraction of sp³-hybridized carbons (Fsp3) is 0.381. The van der Waals surface area contributed by atoms with Crippen LogP contribution in [0, 0.1) is 25.7 Å². The Morgan fingerprint density at radius 2 is 1.41 bits per heavy atom. The van der Waals surface area contributed by atoms with Gasteiger partial charge >= 0.3 is 0 Å². The number of imide groups is 1. The largest absolute Gasteiger partial charge is 0.274 e. The van der Waals surface area contributed by atoms with Gasteiger partial charge in [0.1, 0.15) is 0 Å². The zero-order valence-corrected chi connectivity index (χ0v) is 15.6. The Labute approximate surface area is 158 Å². The summed E-state index contributed by atoms with van der Waals surface area (Å²) in [4.78, 5) is 39.2. The van der Waals surface area contributed by atoms with Gasteiger partial charge in [-0.1, -0.05) is 12.8 Å². The van der Waals surface area contributed by atoms with E-state index in [1.54, 1.807) is 28.9 Å². The number of anilines is 1. The molecule has 2 heterocycles. The van der Waals surface area contributed by atoms with Gasteiger partial charge in [0.05, 0.1) is 17.5 Å². The summed E-state index contributed by atoms with van der Waals surface area (Å²) in [5.41, 5.74) is 5.75. The number of hydrogen-bond acceptors (Lipinski definition) is 3. The summed E-state index contributed by atoms with van der Waals surface area (Å²) in [5.74, 6) is -0.777. The van der Waals surface area contributed by atoms with Crippen molar-refractivity contribution in [2.75, 3.05) is 10.3 Å². The number of hydrogen-bond donors (Lipinski definition) is 1. The smallest absolute Gasteiger partial charge is 0.270 e. The molecular weight excluding hydrogens is 342 g/mol. The lowest BCUT2D eigenvalue weighted by atomic mass is 9.81. The molecule has 6 nitrogen and oxygen atoms in total. The zero-order chi connectivity index (χ0) is 19.1. The summed E-state index contributed by atoms with van der Waals surface area (Å²) in [6, 6.07) is 10.5. The van der Waals surface area contributed by atoms with Crippen LogP contribution in [0.5, 0.6) is 0 Å². The normalized spacial score (nSPS) is 22.1. The van der Waals surface area contributed by atoms with Crippen molar-refractivity contribution in [3.05, 3.63) is 53.3 Å². The SMILES string of the molecule is Cc1ccc(C)n1NC(=O)c1ccc(N2C(=O)[C@H]3CCCC[C@@H]3C2=O)cc1. The van der Waals surface area contributed by atoms with E-state index < -0.39 is 0 Å². The quantitative estimate of drug-likeness (QED) is 0.849. The molecule has 1 saturated carbocycles. The van der Waals surface area contributed by atoms with Crippen molar-refractivity contribution >= 4 is 23.4 Å². The minimum absolute atomic E-state index is 0.0968. The lowest BCUT2D eigenvalue weighted by Gasteiger charge is -2.19. The number of benzene rings is 1. The maximum absolute atomic E-state index is 12.7. The topological polar surface area (TPSA) is 71.4 Å². The maximum atomic E-state index is 12.7. The Bertz CT molecular complexity index is 870. The van der Waals surface area contributed by atoms with Crippen LogP contribution in [0.4, 0.5) is 5.69 Å². The molecule has 1 aromatic heterocycles. The number of nitrogens with one attached hydrogen (secondary N) is 1. The van der Waals surface area contributed by atoms with Gasteiger partial charge in [0, 0.05) is 17.0 Å². The average Bonchev–Trinajstić information content (AvgIpc) is 3.13. The second-order valence-electron chi connectivity index (χ2n) is 7.45. The van der Waals surface area contributed by atoms with E-state index >= 15 is 0 Å². The number of nitrogens with zero attached hydrogens (tertiary/aromatic N) is 2. The molecule has 2 atom stereocenters. The predicted octanol–water partition coefficient (Wildman–Crippen LogP) is 3.17. The molecule has 2 aliphatic rings. The number of amides is 3. The fourth-order valence-corrected chi connectivity index (χ4v) is 4.19. The van der Waals surface area contributed by atoms with Gasteiger partial charge in [-0.15, -0.1) is 0 Å². The van der Waals surface area contributed by atoms with Crippen LogP contribution >= 0.6 is 0 Å². The summed E-state index contributed by atoms with van der Waals surface area (Å²) < 4.78 is 1.73. The van der Waals surface area contributed by atoms with Gasteiger partial charge in [0.15, 0.2) is 0 Å². The van der Waals surface area contributed by atoms with E-state index in [1.165, 1.54) is 4.90 Å². The first kappa shape index (κ1) is 17.5. The Kier molecular flexibility index (Phi) is 4.34. The van der Waals surface area contributed by atoms with Gasteiger partial charge in [-0.05, 0) is 63.1 Å². The molecule has 4 rings (SSSR count). The van der Waals surface area contributed by atoms with E-state index in [0.717, 1.165) is 37.1 Å². The summed E-state index contributed by atoms with van der Waals surface area (Å²) in [7, 11) is 0. The van der Waals surface area contributed by atoms with Crippen molar-refractivity contribution in [1.29, 1.82) is 0 Å². The summed E-state index contributed by atoms with van der Waals surface area (Å²) in [6.45, 7) is 3.83. The Morgan fingerprint density at radius 1 is 0.889 bits per heavy atom. The molecule has 1 aliphatic carbocycles. The summed E-state index contributed by atoms with van der Waals surface area (Å²) in [6.07, 6.45) is 3.60. The van der Waals surface area contributed by atoms with Crippen molar-refractivity contribution in [1.82, 2.24) is 4.68 Å². The first-order valence-electron chi connectivity index (χ1n) is 9.41. The highest BCUT2D eigenvalue weighted by Gasteiger charge is 2.48. The molecule has 27 heavy (non-hydrogen) atoms. The first-order valence-corrected chi connectivity index (χ1v) is 9.41. The van der Waals surface area contributed by atoms with E-state index in [-0.39, 0.29) is 29.6 Å². The van der Waals surface area contributed by atoms with Crippen LogP contribution in [0.2, 0.25) is 0 Å². The highest BCUT2D eigenvalue weighted by Crippen LogP contribution is 2.40. The summed E-state index contributed by atoms with van der Waals surface area (Å²) >= 11 is 0. The molecule has 1 saturated heterocycles. The van der Waals surface area contributed by atoms with Gasteiger partial charge in [-0.3, -0.25) is 29.4 Å². The second-order valence-corrected chi connectivity index (χ2v) is 7.45. The van der Waals surface area contributed by atoms with Crippen molar-refractivity contribution in [3.8, 4) is 0 Å². The van der Waals surface area contributed by atoms with Gasteiger partial charge in [-0.2, -0.15) is 0 Å². The molecule has 0 unspecified atom stereocenters. The van der Waals surface area contributed by atoms with E-state index in [2.05, 4.69) is 5.43 Å². The van der Waals surface area contributed by atoms with Crippen LogP contribution in [0.1, 0.15) is 47.4 Å². The van der Waals surface area contributed by atoms with Crippen LogP contribution in [0.3, 0.4) is 0 Å². The Balaban J connectivity index is 1.53. The number of rotatable bonds is 3. The number of carbonyl (C=O) groups excluding carboxylic acids is 3. The van der Waals surface area contributed by atoms with Gasteiger partial charge in [0.2, 0.25) is 11.8 Å². The van der Waals surface area contributed by atoms with E-state index in [4.69, 9.17) is 0 Å². The molecule has 2 aromatic rings. The highest BCUT2D eigenvalue weighted by atomic mass is 16.2. The lowest BCUT2D eigenvalue weighted by Crippen LogP contribution is -2.31. The molecule has 1 aliphatic heterocycles.